The van der Waals surface area contributed by atoms with Gasteiger partial charge in [0.05, 0.1) is 0 Å². The smallest absolute Gasteiger partial charge is 0.0471 e. The molecule has 2 heteroatoms. The summed E-state index contributed by atoms with van der Waals surface area (Å²) >= 11 is 0. The molecule has 1 aliphatic carbocycles. The molecule has 1 rings (SSSR count). The molecule has 0 saturated heterocycles. The van der Waals surface area contributed by atoms with E-state index in [1.54, 1.807) is 0 Å². The molecule has 2 nitrogen and oxygen atoms in total. The van der Waals surface area contributed by atoms with Crippen molar-refractivity contribution in [2.45, 2.75) is 59.3 Å². The molecular weight excluding hydrogens is 210 g/mol. The third-order valence-electron chi connectivity index (χ3n) is 4.56. The average molecular weight is 241 g/mol. The molecule has 0 aromatic carbocycles. The third-order valence-corrected chi connectivity index (χ3v) is 4.56. The molecule has 102 valence electrons. The minimum atomic E-state index is 0.313. The van der Waals surface area contributed by atoms with Crippen LogP contribution >= 0.6 is 0 Å². The highest BCUT2D eigenvalue weighted by Gasteiger charge is 2.30. The Balaban J connectivity index is 2.27. The minimum Gasteiger partial charge on any atom is -0.396 e. The van der Waals surface area contributed by atoms with Gasteiger partial charge in [0.1, 0.15) is 0 Å². The molecule has 1 aliphatic rings. The molecule has 0 radical (unpaired) electrons. The first-order valence-electron chi connectivity index (χ1n) is 7.41. The van der Waals surface area contributed by atoms with Crippen LogP contribution in [0.15, 0.2) is 0 Å². The fourth-order valence-corrected chi connectivity index (χ4v) is 2.96. The molecule has 0 aromatic heterocycles. The first kappa shape index (κ1) is 15.0. The van der Waals surface area contributed by atoms with Crippen molar-refractivity contribution in [3.63, 3.8) is 0 Å². The molecule has 0 bridgehead atoms. The van der Waals surface area contributed by atoms with E-state index in [1.807, 2.05) is 0 Å². The molecule has 0 heterocycles. The quantitative estimate of drug-likeness (QED) is 0.717. The highest BCUT2D eigenvalue weighted by atomic mass is 16.3. The topological polar surface area (TPSA) is 32.3 Å². The van der Waals surface area contributed by atoms with Crippen molar-refractivity contribution in [1.29, 1.82) is 0 Å². The average Bonchev–Trinajstić information content (AvgIpc) is 2.36. The van der Waals surface area contributed by atoms with Crippen LogP contribution in [0.1, 0.15) is 59.3 Å². The zero-order valence-electron chi connectivity index (χ0n) is 12.0. The van der Waals surface area contributed by atoms with Gasteiger partial charge < -0.3 is 10.4 Å². The van der Waals surface area contributed by atoms with Crippen LogP contribution in [-0.4, -0.2) is 24.8 Å². The fourth-order valence-electron chi connectivity index (χ4n) is 2.96. The summed E-state index contributed by atoms with van der Waals surface area (Å²) in [5.41, 5.74) is 0.411. The molecule has 2 N–H and O–H groups in total. The second kappa shape index (κ2) is 7.38. The van der Waals surface area contributed by atoms with Gasteiger partial charge in [0, 0.05) is 19.7 Å². The van der Waals surface area contributed by atoms with Crippen molar-refractivity contribution in [2.75, 3.05) is 19.7 Å². The summed E-state index contributed by atoms with van der Waals surface area (Å²) in [6.45, 7) is 9.31. The van der Waals surface area contributed by atoms with Crippen LogP contribution in [0.4, 0.5) is 0 Å². The molecule has 0 aromatic rings. The molecule has 0 amide bonds. The summed E-state index contributed by atoms with van der Waals surface area (Å²) in [4.78, 5) is 0. The standard InChI is InChI=1S/C15H31NO/c1-4-13(11-17)10-16-12-15(2,3)14-8-6-5-7-9-14/h13-14,16-17H,4-12H2,1-3H3. The summed E-state index contributed by atoms with van der Waals surface area (Å²) in [6.07, 6.45) is 8.15. The fraction of sp³-hybridized carbons (Fsp3) is 1.00. The van der Waals surface area contributed by atoms with Gasteiger partial charge >= 0.3 is 0 Å². The van der Waals surface area contributed by atoms with E-state index in [0.29, 0.717) is 17.9 Å². The van der Waals surface area contributed by atoms with Gasteiger partial charge in [-0.05, 0) is 36.5 Å². The number of nitrogens with one attached hydrogen (secondary N) is 1. The molecule has 0 aliphatic heterocycles. The third kappa shape index (κ3) is 4.97. The van der Waals surface area contributed by atoms with E-state index in [-0.39, 0.29) is 0 Å². The summed E-state index contributed by atoms with van der Waals surface area (Å²) in [5, 5.41) is 12.7. The van der Waals surface area contributed by atoms with Gasteiger partial charge in [0.2, 0.25) is 0 Å². The summed E-state index contributed by atoms with van der Waals surface area (Å²) in [7, 11) is 0. The molecule has 1 saturated carbocycles. The van der Waals surface area contributed by atoms with Crippen LogP contribution in [0.3, 0.4) is 0 Å². The van der Waals surface area contributed by atoms with Gasteiger partial charge in [-0.2, -0.15) is 0 Å². The Morgan fingerprint density at radius 3 is 2.41 bits per heavy atom. The van der Waals surface area contributed by atoms with Crippen molar-refractivity contribution in [3.8, 4) is 0 Å². The highest BCUT2D eigenvalue weighted by molar-refractivity contribution is 4.83. The van der Waals surface area contributed by atoms with Crippen LogP contribution in [0.5, 0.6) is 0 Å². The maximum atomic E-state index is 9.16. The van der Waals surface area contributed by atoms with Crippen molar-refractivity contribution < 1.29 is 5.11 Å². The van der Waals surface area contributed by atoms with Crippen LogP contribution in [0.25, 0.3) is 0 Å². The summed E-state index contributed by atoms with van der Waals surface area (Å²) in [5.74, 6) is 1.31. The molecule has 1 fully saturated rings. The number of rotatable bonds is 7. The predicted molar refractivity (Wildman–Crippen MR) is 74.1 cm³/mol. The van der Waals surface area contributed by atoms with E-state index < -0.39 is 0 Å². The number of aliphatic hydroxyl groups excluding tert-OH is 1. The van der Waals surface area contributed by atoms with Crippen LogP contribution < -0.4 is 5.32 Å². The lowest BCUT2D eigenvalue weighted by atomic mass is 9.71. The zero-order valence-corrected chi connectivity index (χ0v) is 12.0. The number of aliphatic hydroxyl groups is 1. The second-order valence-corrected chi connectivity index (χ2v) is 6.41. The Kier molecular flexibility index (Phi) is 6.50. The van der Waals surface area contributed by atoms with Crippen LogP contribution in [0.2, 0.25) is 0 Å². The van der Waals surface area contributed by atoms with Gasteiger partial charge in [-0.3, -0.25) is 0 Å². The SMILES string of the molecule is CCC(CO)CNCC(C)(C)C1CCCCC1. The van der Waals surface area contributed by atoms with E-state index in [9.17, 15) is 0 Å². The Hall–Kier alpha value is -0.0800. The zero-order chi connectivity index (χ0) is 12.7. The molecular formula is C15H31NO. The van der Waals surface area contributed by atoms with Crippen LogP contribution in [0, 0.1) is 17.3 Å². The van der Waals surface area contributed by atoms with Gasteiger partial charge in [0.25, 0.3) is 0 Å². The normalized spacial score (nSPS) is 20.5. The predicted octanol–water partition coefficient (Wildman–Crippen LogP) is 3.20. The second-order valence-electron chi connectivity index (χ2n) is 6.41. The van der Waals surface area contributed by atoms with Crippen molar-refractivity contribution in [3.05, 3.63) is 0 Å². The van der Waals surface area contributed by atoms with E-state index in [0.717, 1.165) is 25.4 Å². The first-order chi connectivity index (χ1) is 8.10. The van der Waals surface area contributed by atoms with Crippen molar-refractivity contribution >= 4 is 0 Å². The Morgan fingerprint density at radius 2 is 1.88 bits per heavy atom. The Labute approximate surface area is 107 Å². The molecule has 17 heavy (non-hydrogen) atoms. The van der Waals surface area contributed by atoms with Gasteiger partial charge in [0.15, 0.2) is 0 Å². The Bertz CT molecular complexity index is 193. The number of hydrogen-bond donors (Lipinski definition) is 2. The van der Waals surface area contributed by atoms with Gasteiger partial charge in [-0.15, -0.1) is 0 Å². The van der Waals surface area contributed by atoms with E-state index in [1.165, 1.54) is 32.1 Å². The lowest BCUT2D eigenvalue weighted by Gasteiger charge is -2.37. The van der Waals surface area contributed by atoms with Crippen molar-refractivity contribution in [2.24, 2.45) is 17.3 Å². The molecule has 1 atom stereocenters. The van der Waals surface area contributed by atoms with E-state index in [4.69, 9.17) is 5.11 Å². The van der Waals surface area contributed by atoms with Crippen molar-refractivity contribution in [1.82, 2.24) is 5.32 Å². The molecule has 0 spiro atoms. The first-order valence-corrected chi connectivity index (χ1v) is 7.41. The summed E-state index contributed by atoms with van der Waals surface area (Å²) < 4.78 is 0. The minimum absolute atomic E-state index is 0.313. The van der Waals surface area contributed by atoms with Crippen LogP contribution in [-0.2, 0) is 0 Å². The van der Waals surface area contributed by atoms with Gasteiger partial charge in [-0.25, -0.2) is 0 Å². The maximum absolute atomic E-state index is 9.16. The largest absolute Gasteiger partial charge is 0.396 e. The lowest BCUT2D eigenvalue weighted by Crippen LogP contribution is -2.38. The monoisotopic (exact) mass is 241 g/mol. The number of hydrogen-bond acceptors (Lipinski definition) is 2. The van der Waals surface area contributed by atoms with E-state index >= 15 is 0 Å². The lowest BCUT2D eigenvalue weighted by molar-refractivity contribution is 0.147. The summed E-state index contributed by atoms with van der Waals surface area (Å²) in [6, 6.07) is 0. The maximum Gasteiger partial charge on any atom is 0.0471 e. The van der Waals surface area contributed by atoms with Gasteiger partial charge in [-0.1, -0.05) is 40.0 Å². The molecule has 1 unspecified atom stereocenters. The highest BCUT2D eigenvalue weighted by Crippen LogP contribution is 2.37. The van der Waals surface area contributed by atoms with E-state index in [2.05, 4.69) is 26.1 Å². The Morgan fingerprint density at radius 1 is 1.24 bits per heavy atom.